The van der Waals surface area contributed by atoms with E-state index < -0.39 is 0 Å². The van der Waals surface area contributed by atoms with Crippen LogP contribution < -0.4 is 5.32 Å². The molecule has 3 aromatic rings. The highest BCUT2D eigenvalue weighted by atomic mass is 16.1. The van der Waals surface area contributed by atoms with Crippen LogP contribution in [0.3, 0.4) is 0 Å². The first-order chi connectivity index (χ1) is 13.1. The molecule has 0 radical (unpaired) electrons. The topological polar surface area (TPSA) is 73.9 Å². The molecule has 2 N–H and O–H groups in total. The Morgan fingerprint density at radius 2 is 2.04 bits per heavy atom. The zero-order valence-electron chi connectivity index (χ0n) is 16.2. The van der Waals surface area contributed by atoms with E-state index in [9.17, 15) is 4.79 Å². The number of carbonyl (C=O) groups excluding carboxylic acids is 1. The van der Waals surface area contributed by atoms with E-state index in [0.717, 1.165) is 48.5 Å². The van der Waals surface area contributed by atoms with Crippen LogP contribution in [0, 0.1) is 6.92 Å². The molecule has 0 saturated carbocycles. The number of imidazole rings is 1. The van der Waals surface area contributed by atoms with E-state index >= 15 is 0 Å². The number of hydrogen-bond donors (Lipinski definition) is 2. The number of benzene rings is 1. The molecule has 27 heavy (non-hydrogen) atoms. The van der Waals surface area contributed by atoms with E-state index in [1.807, 2.05) is 37.3 Å². The largest absolute Gasteiger partial charge is 0.352 e. The average molecular weight is 365 g/mol. The summed E-state index contributed by atoms with van der Waals surface area (Å²) in [6, 6.07) is 9.54. The van der Waals surface area contributed by atoms with E-state index in [1.54, 1.807) is 6.20 Å². The van der Waals surface area contributed by atoms with Gasteiger partial charge in [0.15, 0.2) is 5.65 Å². The number of amides is 1. The Morgan fingerprint density at radius 3 is 2.74 bits per heavy atom. The predicted octanol–water partition coefficient (Wildman–Crippen LogP) is 3.40. The van der Waals surface area contributed by atoms with Crippen molar-refractivity contribution >= 4 is 17.1 Å². The number of H-pyrrole nitrogens is 1. The molecule has 3 rings (SSSR count). The van der Waals surface area contributed by atoms with Gasteiger partial charge in [-0.05, 0) is 62.8 Å². The molecule has 0 bridgehead atoms. The summed E-state index contributed by atoms with van der Waals surface area (Å²) in [5.74, 6) is 0.739. The number of aromatic nitrogens is 3. The molecule has 0 aliphatic carbocycles. The molecular formula is C21H27N5O. The Bertz CT molecular complexity index is 881. The maximum atomic E-state index is 12.4. The van der Waals surface area contributed by atoms with Gasteiger partial charge in [-0.25, -0.2) is 9.97 Å². The van der Waals surface area contributed by atoms with Gasteiger partial charge < -0.3 is 15.2 Å². The number of aromatic amines is 1. The van der Waals surface area contributed by atoms with Gasteiger partial charge in [0, 0.05) is 23.9 Å². The first-order valence-corrected chi connectivity index (χ1v) is 9.54. The molecule has 0 aliphatic heterocycles. The Balaban J connectivity index is 1.64. The highest BCUT2D eigenvalue weighted by Crippen LogP contribution is 2.23. The molecule has 0 fully saturated rings. The first-order valence-electron chi connectivity index (χ1n) is 9.54. The van der Waals surface area contributed by atoms with Crippen molar-refractivity contribution in [1.82, 2.24) is 25.2 Å². The fourth-order valence-electron chi connectivity index (χ4n) is 3.19. The predicted molar refractivity (Wildman–Crippen MR) is 109 cm³/mol. The van der Waals surface area contributed by atoms with Crippen molar-refractivity contribution in [2.24, 2.45) is 0 Å². The van der Waals surface area contributed by atoms with Gasteiger partial charge in [-0.3, -0.25) is 4.79 Å². The van der Waals surface area contributed by atoms with Crippen LogP contribution in [0.5, 0.6) is 0 Å². The zero-order valence-corrected chi connectivity index (χ0v) is 16.2. The minimum atomic E-state index is -0.0320. The number of nitrogens with zero attached hydrogens (tertiary/aromatic N) is 3. The minimum absolute atomic E-state index is 0.0320. The summed E-state index contributed by atoms with van der Waals surface area (Å²) < 4.78 is 0. The number of carbonyl (C=O) groups is 1. The third kappa shape index (κ3) is 4.52. The normalized spacial score (nSPS) is 11.3. The quantitative estimate of drug-likeness (QED) is 0.600. The maximum Gasteiger partial charge on any atom is 0.251 e. The van der Waals surface area contributed by atoms with Gasteiger partial charge in [-0.1, -0.05) is 19.9 Å². The van der Waals surface area contributed by atoms with Gasteiger partial charge in [0.2, 0.25) is 0 Å². The van der Waals surface area contributed by atoms with E-state index in [-0.39, 0.29) is 5.91 Å². The van der Waals surface area contributed by atoms with Crippen molar-refractivity contribution in [3.05, 3.63) is 47.7 Å². The summed E-state index contributed by atoms with van der Waals surface area (Å²) in [5, 5.41) is 3.01. The Kier molecular flexibility index (Phi) is 6.19. The van der Waals surface area contributed by atoms with E-state index in [4.69, 9.17) is 0 Å². The Labute approximate surface area is 160 Å². The van der Waals surface area contributed by atoms with Gasteiger partial charge in [-0.2, -0.15) is 0 Å². The fourth-order valence-corrected chi connectivity index (χ4v) is 3.19. The molecule has 6 nitrogen and oxygen atoms in total. The number of rotatable bonds is 8. The van der Waals surface area contributed by atoms with Crippen LogP contribution >= 0.6 is 0 Å². The van der Waals surface area contributed by atoms with Crippen LogP contribution in [0.4, 0.5) is 0 Å². The summed E-state index contributed by atoms with van der Waals surface area (Å²) in [6.45, 7) is 10.1. The van der Waals surface area contributed by atoms with Gasteiger partial charge in [0.25, 0.3) is 5.91 Å². The molecule has 0 saturated heterocycles. The Morgan fingerprint density at radius 1 is 1.22 bits per heavy atom. The second-order valence-corrected chi connectivity index (χ2v) is 6.63. The number of aryl methyl sites for hydroxylation is 1. The number of hydrogen-bond acceptors (Lipinski definition) is 4. The lowest BCUT2D eigenvalue weighted by Gasteiger charge is -2.17. The van der Waals surface area contributed by atoms with Crippen LogP contribution in [-0.4, -0.2) is 51.9 Å². The summed E-state index contributed by atoms with van der Waals surface area (Å²) in [6.07, 6.45) is 2.68. The standard InChI is InChI=1S/C21H27N5O/c1-4-26(5-2)13-7-12-23-21(27)16-9-10-17(15(3)14-16)19-24-18-8-6-11-22-20(18)25-19/h6,8-11,14H,4-5,7,12-13H2,1-3H3,(H,23,27)(H,22,24,25). The highest BCUT2D eigenvalue weighted by Gasteiger charge is 2.12. The van der Waals surface area contributed by atoms with Gasteiger partial charge in [0.1, 0.15) is 5.82 Å². The Hall–Kier alpha value is -2.73. The summed E-state index contributed by atoms with van der Waals surface area (Å²) in [5.41, 5.74) is 4.26. The number of pyridine rings is 1. The van der Waals surface area contributed by atoms with Gasteiger partial charge >= 0.3 is 0 Å². The van der Waals surface area contributed by atoms with Crippen molar-refractivity contribution in [1.29, 1.82) is 0 Å². The molecular weight excluding hydrogens is 338 g/mol. The monoisotopic (exact) mass is 365 g/mol. The fraction of sp³-hybridized carbons (Fsp3) is 0.381. The molecule has 2 aromatic heterocycles. The lowest BCUT2D eigenvalue weighted by Crippen LogP contribution is -2.29. The maximum absolute atomic E-state index is 12.4. The van der Waals surface area contributed by atoms with Crippen molar-refractivity contribution in [2.45, 2.75) is 27.2 Å². The average Bonchev–Trinajstić information content (AvgIpc) is 3.11. The third-order valence-corrected chi connectivity index (χ3v) is 4.83. The van der Waals surface area contributed by atoms with Crippen LogP contribution in [0.1, 0.15) is 36.2 Å². The van der Waals surface area contributed by atoms with Crippen LogP contribution in [0.25, 0.3) is 22.6 Å². The van der Waals surface area contributed by atoms with E-state index in [2.05, 4.69) is 39.0 Å². The molecule has 0 spiro atoms. The van der Waals surface area contributed by atoms with Crippen molar-refractivity contribution in [2.75, 3.05) is 26.2 Å². The second kappa shape index (κ2) is 8.77. The van der Waals surface area contributed by atoms with Crippen molar-refractivity contribution in [3.8, 4) is 11.4 Å². The second-order valence-electron chi connectivity index (χ2n) is 6.63. The first kappa shape index (κ1) is 19.0. The summed E-state index contributed by atoms with van der Waals surface area (Å²) in [4.78, 5) is 26.9. The zero-order chi connectivity index (χ0) is 19.2. The molecule has 0 atom stereocenters. The summed E-state index contributed by atoms with van der Waals surface area (Å²) in [7, 11) is 0. The molecule has 1 amide bonds. The van der Waals surface area contributed by atoms with Crippen molar-refractivity contribution < 1.29 is 4.79 Å². The lowest BCUT2D eigenvalue weighted by molar-refractivity contribution is 0.0951. The third-order valence-electron chi connectivity index (χ3n) is 4.83. The SMILES string of the molecule is CCN(CC)CCCNC(=O)c1ccc(-c2nc3ncccc3[nH]2)c(C)c1. The van der Waals surface area contributed by atoms with Crippen LogP contribution in [0.2, 0.25) is 0 Å². The van der Waals surface area contributed by atoms with Gasteiger partial charge in [-0.15, -0.1) is 0 Å². The van der Waals surface area contributed by atoms with Crippen LogP contribution in [-0.2, 0) is 0 Å². The molecule has 0 unspecified atom stereocenters. The van der Waals surface area contributed by atoms with E-state index in [1.165, 1.54) is 0 Å². The molecule has 2 heterocycles. The van der Waals surface area contributed by atoms with Crippen LogP contribution in [0.15, 0.2) is 36.5 Å². The number of fused-ring (bicyclic) bond motifs is 1. The molecule has 142 valence electrons. The summed E-state index contributed by atoms with van der Waals surface area (Å²) >= 11 is 0. The lowest BCUT2D eigenvalue weighted by atomic mass is 10.0. The molecule has 0 aliphatic rings. The molecule has 1 aromatic carbocycles. The van der Waals surface area contributed by atoms with Gasteiger partial charge in [0.05, 0.1) is 5.52 Å². The minimum Gasteiger partial charge on any atom is -0.352 e. The highest BCUT2D eigenvalue weighted by molar-refractivity contribution is 5.95. The molecule has 6 heteroatoms. The number of nitrogens with one attached hydrogen (secondary N) is 2. The van der Waals surface area contributed by atoms with E-state index in [0.29, 0.717) is 17.8 Å². The smallest absolute Gasteiger partial charge is 0.251 e. The van der Waals surface area contributed by atoms with Crippen molar-refractivity contribution in [3.63, 3.8) is 0 Å².